The van der Waals surface area contributed by atoms with Crippen LogP contribution in [0.1, 0.15) is 0 Å². The first-order valence-corrected chi connectivity index (χ1v) is 6.11. The number of likely N-dealkylation sites (N-methyl/N-ethyl adjacent to an activating group) is 1. The van der Waals surface area contributed by atoms with Crippen LogP contribution in [0, 0.1) is 0 Å². The average molecular weight is 315 g/mol. The SMILES string of the molecule is COCC(=O)N(C)CC(=O)Nc1ccccc1Br. The number of ether oxygens (including phenoxy) is 1. The number of nitrogens with one attached hydrogen (secondary N) is 1. The van der Waals surface area contributed by atoms with Crippen LogP contribution >= 0.6 is 15.9 Å². The summed E-state index contributed by atoms with van der Waals surface area (Å²) >= 11 is 3.33. The van der Waals surface area contributed by atoms with Crippen molar-refractivity contribution in [3.63, 3.8) is 0 Å². The number of carbonyl (C=O) groups excluding carboxylic acids is 2. The molecule has 18 heavy (non-hydrogen) atoms. The minimum atomic E-state index is -0.256. The number of halogens is 1. The van der Waals surface area contributed by atoms with Crippen LogP contribution in [0.4, 0.5) is 5.69 Å². The maximum Gasteiger partial charge on any atom is 0.248 e. The van der Waals surface area contributed by atoms with E-state index in [9.17, 15) is 9.59 Å². The summed E-state index contributed by atoms with van der Waals surface area (Å²) in [5.41, 5.74) is 0.676. The number of carbonyl (C=O) groups is 2. The van der Waals surface area contributed by atoms with Crippen LogP contribution < -0.4 is 5.32 Å². The van der Waals surface area contributed by atoms with E-state index < -0.39 is 0 Å². The first-order chi connectivity index (χ1) is 8.54. The van der Waals surface area contributed by atoms with Crippen molar-refractivity contribution in [1.82, 2.24) is 4.90 Å². The third-order valence-electron chi connectivity index (χ3n) is 2.22. The first kappa shape index (κ1) is 14.7. The van der Waals surface area contributed by atoms with E-state index >= 15 is 0 Å². The predicted octanol–water partition coefficient (Wildman–Crippen LogP) is 1.49. The van der Waals surface area contributed by atoms with Gasteiger partial charge in [-0.15, -0.1) is 0 Å². The minimum absolute atomic E-state index is 0.0104. The van der Waals surface area contributed by atoms with Gasteiger partial charge in [-0.3, -0.25) is 9.59 Å². The molecule has 1 aromatic carbocycles. The highest BCUT2D eigenvalue weighted by Crippen LogP contribution is 2.20. The molecule has 1 N–H and O–H groups in total. The van der Waals surface area contributed by atoms with Crippen LogP contribution in [-0.4, -0.2) is 44.0 Å². The summed E-state index contributed by atoms with van der Waals surface area (Å²) in [5, 5.41) is 2.72. The van der Waals surface area contributed by atoms with Gasteiger partial charge in [0.15, 0.2) is 0 Å². The number of benzene rings is 1. The minimum Gasteiger partial charge on any atom is -0.375 e. The van der Waals surface area contributed by atoms with Gasteiger partial charge in [-0.2, -0.15) is 0 Å². The largest absolute Gasteiger partial charge is 0.375 e. The Morgan fingerprint density at radius 2 is 2.06 bits per heavy atom. The van der Waals surface area contributed by atoms with Crippen LogP contribution in [0.15, 0.2) is 28.7 Å². The van der Waals surface area contributed by atoms with Crippen molar-refractivity contribution < 1.29 is 14.3 Å². The fourth-order valence-electron chi connectivity index (χ4n) is 1.29. The van der Waals surface area contributed by atoms with E-state index in [1.165, 1.54) is 12.0 Å². The van der Waals surface area contributed by atoms with Crippen LogP contribution in [-0.2, 0) is 14.3 Å². The second-order valence-corrected chi connectivity index (χ2v) is 4.57. The van der Waals surface area contributed by atoms with Gasteiger partial charge in [0.05, 0.1) is 12.2 Å². The maximum absolute atomic E-state index is 11.7. The third-order valence-corrected chi connectivity index (χ3v) is 2.91. The van der Waals surface area contributed by atoms with Crippen molar-refractivity contribution in [3.05, 3.63) is 28.7 Å². The Labute approximate surface area is 114 Å². The molecule has 0 bridgehead atoms. The molecule has 0 aliphatic rings. The fourth-order valence-corrected chi connectivity index (χ4v) is 1.67. The highest BCUT2D eigenvalue weighted by atomic mass is 79.9. The van der Waals surface area contributed by atoms with Gasteiger partial charge >= 0.3 is 0 Å². The molecule has 0 saturated heterocycles. The lowest BCUT2D eigenvalue weighted by Crippen LogP contribution is -2.36. The normalized spacial score (nSPS) is 9.94. The fraction of sp³-hybridized carbons (Fsp3) is 0.333. The van der Waals surface area contributed by atoms with Gasteiger partial charge in [-0.1, -0.05) is 12.1 Å². The van der Waals surface area contributed by atoms with Gasteiger partial charge in [0.1, 0.15) is 6.61 Å². The monoisotopic (exact) mass is 314 g/mol. The summed E-state index contributed by atoms with van der Waals surface area (Å²) in [6, 6.07) is 7.28. The van der Waals surface area contributed by atoms with Crippen molar-refractivity contribution in [2.75, 3.05) is 32.6 Å². The van der Waals surface area contributed by atoms with Crippen LogP contribution in [0.2, 0.25) is 0 Å². The van der Waals surface area contributed by atoms with Crippen LogP contribution in [0.3, 0.4) is 0 Å². The molecule has 0 heterocycles. The average Bonchev–Trinajstić information content (AvgIpc) is 2.32. The molecule has 0 saturated carbocycles. The zero-order chi connectivity index (χ0) is 13.5. The molecule has 0 spiro atoms. The molecule has 0 fully saturated rings. The highest BCUT2D eigenvalue weighted by Gasteiger charge is 2.13. The van der Waals surface area contributed by atoms with Crippen molar-refractivity contribution in [1.29, 1.82) is 0 Å². The van der Waals surface area contributed by atoms with E-state index in [-0.39, 0.29) is 25.0 Å². The summed E-state index contributed by atoms with van der Waals surface area (Å²) in [4.78, 5) is 24.4. The molecule has 0 unspecified atom stereocenters. The Balaban J connectivity index is 2.52. The topological polar surface area (TPSA) is 58.6 Å². The summed E-state index contributed by atoms with van der Waals surface area (Å²) in [5.74, 6) is -0.492. The Bertz CT molecular complexity index is 437. The molecule has 2 amide bonds. The lowest BCUT2D eigenvalue weighted by Gasteiger charge is -2.16. The van der Waals surface area contributed by atoms with Gasteiger partial charge in [0, 0.05) is 18.6 Å². The Morgan fingerprint density at radius 3 is 2.67 bits per heavy atom. The molecular weight excluding hydrogens is 300 g/mol. The van der Waals surface area contributed by atoms with E-state index in [1.54, 1.807) is 13.1 Å². The highest BCUT2D eigenvalue weighted by molar-refractivity contribution is 9.10. The lowest BCUT2D eigenvalue weighted by molar-refractivity contribution is -0.136. The number of anilines is 1. The number of para-hydroxylation sites is 1. The van der Waals surface area contributed by atoms with Gasteiger partial charge in [0.25, 0.3) is 0 Å². The maximum atomic E-state index is 11.7. The quantitative estimate of drug-likeness (QED) is 0.896. The van der Waals surface area contributed by atoms with E-state index in [4.69, 9.17) is 4.74 Å². The molecule has 1 aromatic rings. The smallest absolute Gasteiger partial charge is 0.248 e. The summed E-state index contributed by atoms with van der Waals surface area (Å²) in [7, 11) is 2.99. The van der Waals surface area contributed by atoms with Crippen molar-refractivity contribution in [2.24, 2.45) is 0 Å². The second-order valence-electron chi connectivity index (χ2n) is 3.71. The molecule has 0 aliphatic carbocycles. The first-order valence-electron chi connectivity index (χ1n) is 5.32. The summed E-state index contributed by atoms with van der Waals surface area (Å²) in [6.45, 7) is -0.0393. The van der Waals surface area contributed by atoms with E-state index in [1.807, 2.05) is 18.2 Å². The predicted molar refractivity (Wildman–Crippen MR) is 72.3 cm³/mol. The molecular formula is C12H15BrN2O3. The molecule has 0 aliphatic heterocycles. The molecule has 6 heteroatoms. The summed E-state index contributed by atoms with van der Waals surface area (Å²) < 4.78 is 5.51. The number of nitrogens with zero attached hydrogens (tertiary/aromatic N) is 1. The molecule has 5 nitrogen and oxygen atoms in total. The van der Waals surface area contributed by atoms with Gasteiger partial charge in [0.2, 0.25) is 11.8 Å². The number of methoxy groups -OCH3 is 1. The van der Waals surface area contributed by atoms with E-state index in [0.717, 1.165) is 4.47 Å². The van der Waals surface area contributed by atoms with Gasteiger partial charge in [-0.25, -0.2) is 0 Å². The van der Waals surface area contributed by atoms with Gasteiger partial charge < -0.3 is 15.0 Å². The van der Waals surface area contributed by atoms with E-state index in [2.05, 4.69) is 21.2 Å². The number of hydrogen-bond acceptors (Lipinski definition) is 3. The molecule has 0 radical (unpaired) electrons. The molecule has 0 atom stereocenters. The van der Waals surface area contributed by atoms with Crippen molar-refractivity contribution >= 4 is 33.4 Å². The van der Waals surface area contributed by atoms with Crippen molar-refractivity contribution in [2.45, 2.75) is 0 Å². The van der Waals surface area contributed by atoms with E-state index in [0.29, 0.717) is 5.69 Å². The van der Waals surface area contributed by atoms with Crippen LogP contribution in [0.25, 0.3) is 0 Å². The standard InChI is InChI=1S/C12H15BrN2O3/c1-15(12(17)8-18-2)7-11(16)14-10-6-4-3-5-9(10)13/h3-6H,7-8H2,1-2H3,(H,14,16). The summed E-state index contributed by atoms with van der Waals surface area (Å²) in [6.07, 6.45) is 0. The third kappa shape index (κ3) is 4.46. The number of hydrogen-bond donors (Lipinski definition) is 1. The molecule has 98 valence electrons. The molecule has 1 rings (SSSR count). The number of rotatable bonds is 5. The second kappa shape index (κ2) is 7.13. The van der Waals surface area contributed by atoms with Crippen molar-refractivity contribution in [3.8, 4) is 0 Å². The van der Waals surface area contributed by atoms with Crippen LogP contribution in [0.5, 0.6) is 0 Å². The Hall–Kier alpha value is -1.40. The Kier molecular flexibility index (Phi) is 5.80. The Morgan fingerprint density at radius 1 is 1.39 bits per heavy atom. The lowest BCUT2D eigenvalue weighted by atomic mass is 10.3. The molecule has 0 aromatic heterocycles. The zero-order valence-corrected chi connectivity index (χ0v) is 11.9. The zero-order valence-electron chi connectivity index (χ0n) is 10.3. The van der Waals surface area contributed by atoms with Gasteiger partial charge in [-0.05, 0) is 28.1 Å². The number of amides is 2.